The molecule has 13 heteroatoms. The number of aromatic nitrogens is 4. The summed E-state index contributed by atoms with van der Waals surface area (Å²) in [7, 11) is 0. The molecular formula is C30H32N8O5. The summed E-state index contributed by atoms with van der Waals surface area (Å²) in [5.74, 6) is -3.09. The molecule has 3 aromatic heterocycles. The first-order chi connectivity index (χ1) is 20.8. The number of nitrogens with two attached hydrogens (primary N) is 1. The minimum atomic E-state index is -1.25. The highest BCUT2D eigenvalue weighted by Gasteiger charge is 2.28. The molecule has 0 saturated heterocycles. The van der Waals surface area contributed by atoms with Crippen LogP contribution in [0.3, 0.4) is 0 Å². The number of amides is 3. The average molecular weight is 585 g/mol. The molecule has 222 valence electrons. The average Bonchev–Trinajstić information content (AvgIpc) is 3.76. The first-order valence-electron chi connectivity index (χ1n) is 13.7. The number of H-pyrrole nitrogens is 3. The van der Waals surface area contributed by atoms with Gasteiger partial charge in [-0.1, -0.05) is 36.4 Å². The number of aromatic amines is 3. The topological polar surface area (TPSA) is 211 Å². The van der Waals surface area contributed by atoms with E-state index in [2.05, 4.69) is 35.9 Å². The van der Waals surface area contributed by atoms with E-state index < -0.39 is 48.4 Å². The lowest BCUT2D eigenvalue weighted by molar-refractivity contribution is -0.142. The number of nitrogens with zero attached hydrogens (tertiary/aromatic N) is 1. The van der Waals surface area contributed by atoms with Crippen LogP contribution >= 0.6 is 0 Å². The molecule has 3 heterocycles. The molecule has 0 radical (unpaired) electrons. The summed E-state index contributed by atoms with van der Waals surface area (Å²) in [6, 6.07) is 11.8. The van der Waals surface area contributed by atoms with Crippen molar-refractivity contribution in [3.8, 4) is 0 Å². The second-order valence-electron chi connectivity index (χ2n) is 10.3. The Balaban J connectivity index is 1.20. The number of carboxylic acids is 1. The Morgan fingerprint density at radius 1 is 0.791 bits per heavy atom. The highest BCUT2D eigenvalue weighted by atomic mass is 16.4. The third-order valence-corrected chi connectivity index (χ3v) is 7.22. The lowest BCUT2D eigenvalue weighted by atomic mass is 10.0. The third kappa shape index (κ3) is 7.08. The van der Waals surface area contributed by atoms with Crippen LogP contribution in [0, 0.1) is 0 Å². The van der Waals surface area contributed by atoms with Gasteiger partial charge in [0.1, 0.15) is 12.1 Å². The number of hydrogen-bond acceptors (Lipinski definition) is 6. The number of carboxylic acid groups (broad SMARTS) is 1. The Kier molecular flexibility index (Phi) is 8.82. The van der Waals surface area contributed by atoms with Gasteiger partial charge in [-0.15, -0.1) is 0 Å². The van der Waals surface area contributed by atoms with E-state index in [0.717, 1.165) is 32.9 Å². The maximum atomic E-state index is 13.3. The van der Waals surface area contributed by atoms with Crippen LogP contribution in [-0.4, -0.2) is 73.4 Å². The minimum absolute atomic E-state index is 0.0189. The van der Waals surface area contributed by atoms with Gasteiger partial charge in [0.05, 0.1) is 18.9 Å². The molecule has 0 spiro atoms. The molecule has 0 aliphatic carbocycles. The second-order valence-corrected chi connectivity index (χ2v) is 10.3. The SMILES string of the molecule is NC(Cc1c[nH]c2ccccc12)C(=O)NCC(=O)NC(Cc1cnc[nH]1)C(=O)NC(Cc1c[nH]c2ccccc12)C(=O)O. The van der Waals surface area contributed by atoms with E-state index in [9.17, 15) is 24.3 Å². The molecule has 0 saturated carbocycles. The smallest absolute Gasteiger partial charge is 0.326 e. The first kappa shape index (κ1) is 29.1. The van der Waals surface area contributed by atoms with Crippen LogP contribution in [0.4, 0.5) is 0 Å². The molecular weight excluding hydrogens is 552 g/mol. The third-order valence-electron chi connectivity index (χ3n) is 7.22. The van der Waals surface area contributed by atoms with Gasteiger partial charge in [0.2, 0.25) is 17.7 Å². The number of fused-ring (bicyclic) bond motifs is 2. The van der Waals surface area contributed by atoms with Crippen LogP contribution in [0.15, 0.2) is 73.4 Å². The van der Waals surface area contributed by atoms with Crippen LogP contribution in [0.5, 0.6) is 0 Å². The Bertz CT molecular complexity index is 1740. The summed E-state index contributed by atoms with van der Waals surface area (Å²) >= 11 is 0. The largest absolute Gasteiger partial charge is 0.480 e. The molecule has 3 unspecified atom stereocenters. The van der Waals surface area contributed by atoms with Gasteiger partial charge >= 0.3 is 5.97 Å². The fourth-order valence-electron chi connectivity index (χ4n) is 4.99. The van der Waals surface area contributed by atoms with Crippen molar-refractivity contribution in [3.05, 3.63) is 90.3 Å². The number of carbonyl (C=O) groups excluding carboxylic acids is 3. The number of rotatable bonds is 13. The maximum absolute atomic E-state index is 13.3. The van der Waals surface area contributed by atoms with E-state index in [4.69, 9.17) is 5.73 Å². The summed E-state index contributed by atoms with van der Waals surface area (Å²) in [5, 5.41) is 19.3. The molecule has 3 amide bonds. The van der Waals surface area contributed by atoms with Crippen molar-refractivity contribution < 1.29 is 24.3 Å². The second kappa shape index (κ2) is 13.0. The molecule has 2 aromatic carbocycles. The summed E-state index contributed by atoms with van der Waals surface area (Å²) < 4.78 is 0. The monoisotopic (exact) mass is 584 g/mol. The summed E-state index contributed by atoms with van der Waals surface area (Å²) in [6.07, 6.45) is 6.74. The molecule has 0 aliphatic heterocycles. The van der Waals surface area contributed by atoms with Crippen LogP contribution in [0.2, 0.25) is 0 Å². The zero-order valence-corrected chi connectivity index (χ0v) is 23.1. The fourth-order valence-corrected chi connectivity index (χ4v) is 4.99. The Morgan fingerprint density at radius 3 is 2.02 bits per heavy atom. The summed E-state index contributed by atoms with van der Waals surface area (Å²) in [5.41, 5.74) is 10.0. The first-order valence-corrected chi connectivity index (χ1v) is 13.7. The number of para-hydroxylation sites is 2. The van der Waals surface area contributed by atoms with Gasteiger partial charge in [0.15, 0.2) is 0 Å². The molecule has 5 rings (SSSR count). The van der Waals surface area contributed by atoms with Gasteiger partial charge < -0.3 is 41.7 Å². The minimum Gasteiger partial charge on any atom is -0.480 e. The lowest BCUT2D eigenvalue weighted by Gasteiger charge is -2.21. The van der Waals surface area contributed by atoms with Crippen LogP contribution < -0.4 is 21.7 Å². The zero-order chi connectivity index (χ0) is 30.3. The standard InChI is InChI=1S/C30H32N8O5/c31-22(9-17-12-33-23-7-3-1-5-20(17)23)28(40)35-15-27(39)37-25(11-19-14-32-16-36-19)29(41)38-26(30(42)43)10-18-13-34-24-8-4-2-6-21(18)24/h1-8,12-14,16,22,25-26,33-34H,9-11,15,31H2,(H,32,36)(H,35,40)(H,37,39)(H,38,41)(H,42,43). The fraction of sp³-hybridized carbons (Fsp3) is 0.233. The predicted octanol–water partition coefficient (Wildman–Crippen LogP) is 0.898. The Morgan fingerprint density at radius 2 is 1.42 bits per heavy atom. The van der Waals surface area contributed by atoms with Crippen LogP contribution in [0.25, 0.3) is 21.8 Å². The Hall–Kier alpha value is -5.43. The van der Waals surface area contributed by atoms with Crippen LogP contribution in [0.1, 0.15) is 16.8 Å². The van der Waals surface area contributed by atoms with Gasteiger partial charge in [-0.25, -0.2) is 9.78 Å². The van der Waals surface area contributed by atoms with Crippen molar-refractivity contribution in [2.45, 2.75) is 37.4 Å². The number of carbonyl (C=O) groups is 4. The van der Waals surface area contributed by atoms with Gasteiger partial charge in [-0.3, -0.25) is 14.4 Å². The molecule has 0 bridgehead atoms. The van der Waals surface area contributed by atoms with Gasteiger partial charge in [0.25, 0.3) is 0 Å². The normalized spacial score (nSPS) is 13.3. The van der Waals surface area contributed by atoms with E-state index in [-0.39, 0.29) is 19.3 Å². The zero-order valence-electron chi connectivity index (χ0n) is 23.1. The predicted molar refractivity (Wildman–Crippen MR) is 159 cm³/mol. The molecule has 43 heavy (non-hydrogen) atoms. The van der Waals surface area contributed by atoms with Crippen molar-refractivity contribution in [2.24, 2.45) is 5.73 Å². The number of nitrogens with one attached hydrogen (secondary N) is 6. The molecule has 5 aromatic rings. The molecule has 0 fully saturated rings. The number of benzene rings is 2. The van der Waals surface area contributed by atoms with E-state index in [1.807, 2.05) is 48.5 Å². The highest BCUT2D eigenvalue weighted by Crippen LogP contribution is 2.20. The molecule has 3 atom stereocenters. The molecule has 9 N–H and O–H groups in total. The Labute approximate surface area is 245 Å². The summed E-state index contributed by atoms with van der Waals surface area (Å²) in [6.45, 7) is -0.426. The molecule has 13 nitrogen and oxygen atoms in total. The van der Waals surface area contributed by atoms with Crippen molar-refractivity contribution in [1.82, 2.24) is 35.9 Å². The van der Waals surface area contributed by atoms with Crippen molar-refractivity contribution in [3.63, 3.8) is 0 Å². The molecule has 0 aliphatic rings. The number of aliphatic carboxylic acids is 1. The summed E-state index contributed by atoms with van der Waals surface area (Å²) in [4.78, 5) is 63.9. The van der Waals surface area contributed by atoms with E-state index in [1.54, 1.807) is 12.4 Å². The highest BCUT2D eigenvalue weighted by molar-refractivity contribution is 5.93. The maximum Gasteiger partial charge on any atom is 0.326 e. The number of imidazole rings is 1. The number of hydrogen-bond donors (Lipinski definition) is 8. The quantitative estimate of drug-likeness (QED) is 0.100. The van der Waals surface area contributed by atoms with Crippen LogP contribution in [-0.2, 0) is 38.4 Å². The van der Waals surface area contributed by atoms with Crippen molar-refractivity contribution in [1.29, 1.82) is 0 Å². The van der Waals surface area contributed by atoms with Crippen molar-refractivity contribution >= 4 is 45.5 Å². The van der Waals surface area contributed by atoms with Gasteiger partial charge in [-0.05, 0) is 29.7 Å². The lowest BCUT2D eigenvalue weighted by Crippen LogP contribution is -2.55. The van der Waals surface area contributed by atoms with Gasteiger partial charge in [0, 0.05) is 58.9 Å². The van der Waals surface area contributed by atoms with E-state index >= 15 is 0 Å². The van der Waals surface area contributed by atoms with E-state index in [1.165, 1.54) is 12.5 Å². The van der Waals surface area contributed by atoms with E-state index in [0.29, 0.717) is 5.69 Å². The van der Waals surface area contributed by atoms with Gasteiger partial charge in [-0.2, -0.15) is 0 Å². The van der Waals surface area contributed by atoms with Crippen molar-refractivity contribution in [2.75, 3.05) is 6.54 Å².